The second-order valence-corrected chi connectivity index (χ2v) is 5.11. The predicted molar refractivity (Wildman–Crippen MR) is 70.1 cm³/mol. The average Bonchev–Trinajstić information content (AvgIpc) is 2.33. The van der Waals surface area contributed by atoms with Crippen molar-refractivity contribution in [2.24, 2.45) is 11.1 Å². The van der Waals surface area contributed by atoms with Gasteiger partial charge in [0.2, 0.25) is 0 Å². The lowest BCUT2D eigenvalue weighted by atomic mass is 9.62. The van der Waals surface area contributed by atoms with Gasteiger partial charge in [0.05, 0.1) is 7.11 Å². The monoisotopic (exact) mass is 252 g/mol. The van der Waals surface area contributed by atoms with Gasteiger partial charge >= 0.3 is 0 Å². The van der Waals surface area contributed by atoms with Crippen LogP contribution in [0, 0.1) is 11.2 Å². The van der Waals surface area contributed by atoms with Crippen LogP contribution in [0.5, 0.6) is 5.75 Å². The summed E-state index contributed by atoms with van der Waals surface area (Å²) in [6, 6.07) is 4.36. The molecule has 1 aliphatic carbocycles. The summed E-state index contributed by atoms with van der Waals surface area (Å²) in [5.74, 6) is 0.409. The Balaban J connectivity index is 2.32. The Morgan fingerprint density at radius 2 is 2.22 bits per heavy atom. The first-order chi connectivity index (χ1) is 8.63. The van der Waals surface area contributed by atoms with Crippen molar-refractivity contribution in [1.82, 2.24) is 5.32 Å². The Labute approximate surface area is 108 Å². The van der Waals surface area contributed by atoms with E-state index >= 15 is 0 Å². The summed E-state index contributed by atoms with van der Waals surface area (Å²) >= 11 is 0. The van der Waals surface area contributed by atoms with E-state index in [9.17, 15) is 4.39 Å². The molecule has 2 rings (SSSR count). The first kappa shape index (κ1) is 13.3. The first-order valence-corrected chi connectivity index (χ1v) is 6.36. The highest BCUT2D eigenvalue weighted by Gasteiger charge is 2.43. The van der Waals surface area contributed by atoms with Crippen molar-refractivity contribution in [2.75, 3.05) is 20.7 Å². The van der Waals surface area contributed by atoms with Crippen molar-refractivity contribution >= 4 is 0 Å². The second kappa shape index (κ2) is 5.24. The summed E-state index contributed by atoms with van der Waals surface area (Å²) in [6.45, 7) is 0.855. The van der Waals surface area contributed by atoms with Crippen molar-refractivity contribution < 1.29 is 9.13 Å². The smallest absolute Gasteiger partial charge is 0.123 e. The van der Waals surface area contributed by atoms with E-state index in [1.54, 1.807) is 13.2 Å². The zero-order valence-electron chi connectivity index (χ0n) is 11.0. The van der Waals surface area contributed by atoms with Crippen LogP contribution in [-0.2, 0) is 0 Å². The fourth-order valence-electron chi connectivity index (χ4n) is 2.86. The van der Waals surface area contributed by atoms with Crippen LogP contribution in [0.2, 0.25) is 0 Å². The lowest BCUT2D eigenvalue weighted by Crippen LogP contribution is -2.47. The normalized spacial score (nSPS) is 19.1. The van der Waals surface area contributed by atoms with E-state index in [2.05, 4.69) is 5.32 Å². The Bertz CT molecular complexity index is 418. The summed E-state index contributed by atoms with van der Waals surface area (Å²) in [4.78, 5) is 0. The Kier molecular flexibility index (Phi) is 3.88. The molecule has 1 fully saturated rings. The number of methoxy groups -OCH3 is 1. The topological polar surface area (TPSA) is 47.3 Å². The first-order valence-electron chi connectivity index (χ1n) is 6.36. The van der Waals surface area contributed by atoms with E-state index in [-0.39, 0.29) is 17.3 Å². The third-order valence-corrected chi connectivity index (χ3v) is 4.06. The van der Waals surface area contributed by atoms with Crippen LogP contribution < -0.4 is 15.8 Å². The highest BCUT2D eigenvalue weighted by Crippen LogP contribution is 2.50. The van der Waals surface area contributed by atoms with E-state index in [1.807, 2.05) is 7.05 Å². The number of benzene rings is 1. The van der Waals surface area contributed by atoms with Gasteiger partial charge in [-0.15, -0.1) is 0 Å². The molecule has 3 nitrogen and oxygen atoms in total. The molecule has 0 aliphatic heterocycles. The molecule has 4 heteroatoms. The van der Waals surface area contributed by atoms with Crippen LogP contribution in [0.25, 0.3) is 0 Å². The second-order valence-electron chi connectivity index (χ2n) is 5.11. The minimum absolute atomic E-state index is 0.0375. The number of hydrogen-bond donors (Lipinski definition) is 2. The van der Waals surface area contributed by atoms with Gasteiger partial charge in [-0.05, 0) is 38.1 Å². The van der Waals surface area contributed by atoms with Gasteiger partial charge in [-0.2, -0.15) is 0 Å². The van der Waals surface area contributed by atoms with E-state index in [1.165, 1.54) is 18.6 Å². The van der Waals surface area contributed by atoms with Gasteiger partial charge in [0.1, 0.15) is 11.6 Å². The van der Waals surface area contributed by atoms with Crippen LogP contribution >= 0.6 is 0 Å². The fraction of sp³-hybridized carbons (Fsp3) is 0.571. The van der Waals surface area contributed by atoms with Crippen LogP contribution in [0.15, 0.2) is 18.2 Å². The average molecular weight is 252 g/mol. The highest BCUT2D eigenvalue weighted by molar-refractivity contribution is 5.38. The summed E-state index contributed by atoms with van der Waals surface area (Å²) in [5.41, 5.74) is 7.19. The molecule has 1 aromatic carbocycles. The Morgan fingerprint density at radius 3 is 2.72 bits per heavy atom. The van der Waals surface area contributed by atoms with E-state index < -0.39 is 0 Å². The summed E-state index contributed by atoms with van der Waals surface area (Å²) < 4.78 is 18.7. The molecular formula is C14H21FN2O. The van der Waals surface area contributed by atoms with Gasteiger partial charge in [-0.1, -0.05) is 6.42 Å². The molecule has 18 heavy (non-hydrogen) atoms. The van der Waals surface area contributed by atoms with Crippen LogP contribution in [0.3, 0.4) is 0 Å². The van der Waals surface area contributed by atoms with Crippen LogP contribution in [0.4, 0.5) is 4.39 Å². The summed E-state index contributed by atoms with van der Waals surface area (Å²) in [6.07, 6.45) is 3.34. The van der Waals surface area contributed by atoms with Gasteiger partial charge < -0.3 is 15.8 Å². The molecule has 0 bridgehead atoms. The molecule has 3 N–H and O–H groups in total. The molecule has 0 spiro atoms. The maximum atomic E-state index is 13.4. The number of ether oxygens (including phenoxy) is 1. The lowest BCUT2D eigenvalue weighted by molar-refractivity contribution is 0.0932. The van der Waals surface area contributed by atoms with E-state index in [4.69, 9.17) is 10.5 Å². The van der Waals surface area contributed by atoms with E-state index in [0.717, 1.165) is 24.9 Å². The molecule has 100 valence electrons. The van der Waals surface area contributed by atoms with Crippen molar-refractivity contribution in [2.45, 2.75) is 25.3 Å². The molecule has 1 saturated carbocycles. The number of halogens is 1. The molecule has 1 atom stereocenters. The van der Waals surface area contributed by atoms with Gasteiger partial charge in [0.15, 0.2) is 0 Å². The van der Waals surface area contributed by atoms with Gasteiger partial charge in [0, 0.05) is 23.6 Å². The third kappa shape index (κ3) is 2.22. The Hall–Kier alpha value is -1.13. The third-order valence-electron chi connectivity index (χ3n) is 4.06. The zero-order chi connectivity index (χ0) is 13.2. The molecule has 0 heterocycles. The van der Waals surface area contributed by atoms with Crippen molar-refractivity contribution in [1.29, 1.82) is 0 Å². The Morgan fingerprint density at radius 1 is 1.50 bits per heavy atom. The van der Waals surface area contributed by atoms with E-state index in [0.29, 0.717) is 5.75 Å². The number of nitrogens with one attached hydrogen (secondary N) is 1. The molecule has 1 aliphatic rings. The molecule has 0 amide bonds. The lowest BCUT2D eigenvalue weighted by Gasteiger charge is -2.46. The summed E-state index contributed by atoms with van der Waals surface area (Å²) in [7, 11) is 3.52. The van der Waals surface area contributed by atoms with Crippen molar-refractivity contribution in [3.63, 3.8) is 0 Å². The van der Waals surface area contributed by atoms with Gasteiger partial charge in [-0.25, -0.2) is 4.39 Å². The number of rotatable bonds is 5. The van der Waals surface area contributed by atoms with Gasteiger partial charge in [-0.3, -0.25) is 0 Å². The minimum Gasteiger partial charge on any atom is -0.496 e. The van der Waals surface area contributed by atoms with Crippen LogP contribution in [0.1, 0.15) is 30.9 Å². The maximum Gasteiger partial charge on any atom is 0.123 e. The van der Waals surface area contributed by atoms with Crippen LogP contribution in [-0.4, -0.2) is 20.7 Å². The molecule has 0 saturated heterocycles. The maximum absolute atomic E-state index is 13.4. The zero-order valence-corrected chi connectivity index (χ0v) is 11.0. The molecule has 1 unspecified atom stereocenters. The quantitative estimate of drug-likeness (QED) is 0.844. The molecule has 1 aromatic rings. The largest absolute Gasteiger partial charge is 0.496 e. The van der Waals surface area contributed by atoms with Crippen molar-refractivity contribution in [3.8, 4) is 5.75 Å². The standard InChI is InChI=1S/C14H21FN2O/c1-17-9-14(6-3-7-14)13(16)11-8-10(15)4-5-12(11)18-2/h4-5,8,13,17H,3,6-7,9,16H2,1-2H3. The fourth-order valence-corrected chi connectivity index (χ4v) is 2.86. The SMILES string of the molecule is CNCC1(C(N)c2cc(F)ccc2OC)CCC1. The highest BCUT2D eigenvalue weighted by atomic mass is 19.1. The summed E-state index contributed by atoms with van der Waals surface area (Å²) in [5, 5.41) is 3.20. The number of nitrogens with two attached hydrogens (primary N) is 1. The minimum atomic E-state index is -0.264. The van der Waals surface area contributed by atoms with Gasteiger partial charge in [0.25, 0.3) is 0 Å². The number of hydrogen-bond acceptors (Lipinski definition) is 3. The predicted octanol–water partition coefficient (Wildman–Crippen LogP) is 2.22. The molecular weight excluding hydrogens is 231 g/mol. The molecule has 0 aromatic heterocycles. The van der Waals surface area contributed by atoms with Crippen molar-refractivity contribution in [3.05, 3.63) is 29.6 Å². The molecule has 0 radical (unpaired) electrons.